The number of esters is 1. The Bertz CT molecular complexity index is 245. The molecule has 0 rings (SSSR count). The molecule has 0 heterocycles. The van der Waals surface area contributed by atoms with Crippen molar-refractivity contribution in [1.82, 2.24) is 5.43 Å². The Balaban J connectivity index is 3.70. The summed E-state index contributed by atoms with van der Waals surface area (Å²) in [5.74, 6) is -0.667. The lowest BCUT2D eigenvalue weighted by molar-refractivity contribution is -1.08. The Morgan fingerprint density at radius 3 is 2.88 bits per heavy atom. The highest BCUT2D eigenvalue weighted by molar-refractivity contribution is 5.76. The molecule has 1 unspecified atom stereocenters. The van der Waals surface area contributed by atoms with Crippen LogP contribution in [0.4, 0.5) is 0 Å². The molecule has 94 valence electrons. The van der Waals surface area contributed by atoms with Crippen molar-refractivity contribution in [2.45, 2.75) is 18.9 Å². The quantitative estimate of drug-likeness (QED) is 0.107. The van der Waals surface area contributed by atoms with Crippen molar-refractivity contribution in [3.05, 3.63) is 5.21 Å². The van der Waals surface area contributed by atoms with Gasteiger partial charge in [-0.25, -0.2) is 4.99 Å². The minimum atomic E-state index is -1.27. The van der Waals surface area contributed by atoms with Crippen LogP contribution in [-0.2, 0) is 9.53 Å². The van der Waals surface area contributed by atoms with E-state index in [0.29, 0.717) is 12.8 Å². The van der Waals surface area contributed by atoms with Crippen LogP contribution in [-0.4, -0.2) is 36.8 Å². The molecule has 0 radical (unpaired) electrons. The molecule has 2 atom stereocenters. The molecule has 0 bridgehead atoms. The summed E-state index contributed by atoms with van der Waals surface area (Å²) < 4.78 is 4.43. The van der Waals surface area contributed by atoms with Gasteiger partial charge in [-0.3, -0.25) is 4.79 Å². The average molecular weight is 235 g/mol. The highest BCUT2D eigenvalue weighted by Gasteiger charge is 2.12. The number of methoxy groups -OCH3 is 1. The van der Waals surface area contributed by atoms with Crippen molar-refractivity contribution in [2.75, 3.05) is 13.7 Å². The number of rotatable bonds is 6. The predicted octanol–water partition coefficient (Wildman–Crippen LogP) is -3.14. The second-order valence-corrected chi connectivity index (χ2v) is 2.97. The molecule has 0 saturated heterocycles. The second kappa shape index (κ2) is 7.82. The number of hydrogen-bond acceptors (Lipinski definition) is 6. The molecule has 0 saturated carbocycles. The van der Waals surface area contributed by atoms with Gasteiger partial charge in [0.25, 0.3) is 0 Å². The molecule has 0 fully saturated rings. The molecular weight excluding hydrogens is 218 g/mol. The van der Waals surface area contributed by atoms with Gasteiger partial charge in [0.15, 0.2) is 0 Å². The minimum Gasteiger partial charge on any atom is -0.574 e. The van der Waals surface area contributed by atoms with Gasteiger partial charge in [-0.15, -0.1) is 5.34 Å². The topological polar surface area (TPSA) is 150 Å². The van der Waals surface area contributed by atoms with E-state index < -0.39 is 17.3 Å². The Kier molecular flexibility index (Phi) is 7.12. The Labute approximate surface area is 92.6 Å². The lowest BCUT2D eigenvalue weighted by atomic mass is 10.2. The van der Waals surface area contributed by atoms with Gasteiger partial charge in [-0.2, -0.15) is 10.6 Å². The third kappa shape index (κ3) is 6.95. The smallest absolute Gasteiger partial charge is 0.322 e. The first-order chi connectivity index (χ1) is 7.47. The van der Waals surface area contributed by atoms with Crippen molar-refractivity contribution < 1.29 is 20.1 Å². The SMILES string of the molecule is COC(=O)[C@H](N)CCCN=C(N)N[NH+]([O-])O. The number of ether oxygens (including phenoxy) is 1. The van der Waals surface area contributed by atoms with E-state index in [4.69, 9.17) is 16.7 Å². The van der Waals surface area contributed by atoms with Crippen LogP contribution in [0.1, 0.15) is 12.8 Å². The number of nitrogens with one attached hydrogen (secondary N) is 2. The lowest BCUT2D eigenvalue weighted by Crippen LogP contribution is -3.13. The van der Waals surface area contributed by atoms with Crippen LogP contribution in [0.5, 0.6) is 0 Å². The van der Waals surface area contributed by atoms with Crippen LogP contribution in [0.3, 0.4) is 0 Å². The average Bonchev–Trinajstić information content (AvgIpc) is 2.21. The summed E-state index contributed by atoms with van der Waals surface area (Å²) in [6.45, 7) is 0.288. The molecule has 9 heteroatoms. The molecule has 0 aromatic heterocycles. The normalized spacial score (nSPS) is 15.4. The number of quaternary nitrogens is 1. The zero-order chi connectivity index (χ0) is 12.6. The van der Waals surface area contributed by atoms with Crippen LogP contribution in [0.2, 0.25) is 0 Å². The molecule has 0 spiro atoms. The standard InChI is InChI=1S/C7H17N5O4/c1-16-6(13)5(8)3-2-4-10-7(9)11-12(14)15/h5,12,14H,2-4,8H2,1H3,(H3,9,10,11)/t5-/m1/s1. The van der Waals surface area contributed by atoms with Crippen LogP contribution < -0.4 is 22.2 Å². The van der Waals surface area contributed by atoms with Gasteiger partial charge in [0.2, 0.25) is 5.96 Å². The van der Waals surface area contributed by atoms with Crippen LogP contribution >= 0.6 is 0 Å². The van der Waals surface area contributed by atoms with Crippen molar-refractivity contribution in [2.24, 2.45) is 16.5 Å². The monoisotopic (exact) mass is 235 g/mol. The molecule has 9 nitrogen and oxygen atoms in total. The van der Waals surface area contributed by atoms with Crippen LogP contribution in [0, 0.1) is 5.21 Å². The first kappa shape index (κ1) is 14.6. The van der Waals surface area contributed by atoms with Gasteiger partial charge in [0.05, 0.1) is 7.11 Å². The fourth-order valence-electron chi connectivity index (χ4n) is 0.929. The first-order valence-corrected chi connectivity index (χ1v) is 4.60. The number of carbonyl (C=O) groups is 1. The van der Waals surface area contributed by atoms with Gasteiger partial charge in [0.1, 0.15) is 6.04 Å². The van der Waals surface area contributed by atoms with E-state index in [9.17, 15) is 10.0 Å². The molecule has 0 aliphatic rings. The van der Waals surface area contributed by atoms with E-state index in [2.05, 4.69) is 9.73 Å². The van der Waals surface area contributed by atoms with Gasteiger partial charge >= 0.3 is 5.97 Å². The number of carbonyl (C=O) groups excluding carboxylic acids is 1. The first-order valence-electron chi connectivity index (χ1n) is 4.60. The predicted molar refractivity (Wildman–Crippen MR) is 55.0 cm³/mol. The molecule has 16 heavy (non-hydrogen) atoms. The van der Waals surface area contributed by atoms with Crippen molar-refractivity contribution >= 4 is 11.9 Å². The van der Waals surface area contributed by atoms with Gasteiger partial charge in [-0.05, 0) is 12.8 Å². The highest BCUT2D eigenvalue weighted by atomic mass is 16.8. The van der Waals surface area contributed by atoms with Crippen molar-refractivity contribution in [3.8, 4) is 0 Å². The Morgan fingerprint density at radius 1 is 1.75 bits per heavy atom. The molecule has 0 amide bonds. The second-order valence-electron chi connectivity index (χ2n) is 2.97. The number of nitrogens with zero attached hydrogens (tertiary/aromatic N) is 1. The van der Waals surface area contributed by atoms with E-state index in [0.717, 1.165) is 0 Å². The van der Waals surface area contributed by atoms with Gasteiger partial charge in [-0.1, -0.05) is 0 Å². The maximum atomic E-state index is 10.9. The van der Waals surface area contributed by atoms with Crippen LogP contribution in [0.15, 0.2) is 4.99 Å². The van der Waals surface area contributed by atoms with Crippen LogP contribution in [0.25, 0.3) is 0 Å². The third-order valence-electron chi connectivity index (χ3n) is 1.69. The molecule has 0 aliphatic carbocycles. The molecule has 0 aliphatic heterocycles. The molecule has 7 N–H and O–H groups in total. The Hall–Kier alpha value is -1.42. The molecule has 0 aromatic rings. The number of hydrogen-bond donors (Lipinski definition) is 5. The van der Waals surface area contributed by atoms with E-state index in [1.807, 2.05) is 5.43 Å². The number of guanidine groups is 1. The molecular formula is C7H17N5O4. The summed E-state index contributed by atoms with van der Waals surface area (Å²) in [7, 11) is 1.26. The van der Waals surface area contributed by atoms with E-state index in [1.54, 1.807) is 0 Å². The summed E-state index contributed by atoms with van der Waals surface area (Å²) in [6.07, 6.45) is 0.911. The number of aliphatic imine (C=N–C) groups is 1. The maximum Gasteiger partial charge on any atom is 0.322 e. The third-order valence-corrected chi connectivity index (χ3v) is 1.69. The highest BCUT2D eigenvalue weighted by Crippen LogP contribution is 1.96. The van der Waals surface area contributed by atoms with E-state index in [1.165, 1.54) is 7.11 Å². The largest absolute Gasteiger partial charge is 0.574 e. The zero-order valence-corrected chi connectivity index (χ0v) is 8.97. The van der Waals surface area contributed by atoms with E-state index >= 15 is 0 Å². The van der Waals surface area contributed by atoms with Crippen molar-refractivity contribution in [1.29, 1.82) is 0 Å². The summed E-state index contributed by atoms with van der Waals surface area (Å²) in [4.78, 5) is 14.6. The fraction of sp³-hybridized carbons (Fsp3) is 0.714. The maximum absolute atomic E-state index is 10.9. The molecule has 0 aromatic carbocycles. The van der Waals surface area contributed by atoms with E-state index in [-0.39, 0.29) is 12.5 Å². The fourth-order valence-corrected chi connectivity index (χ4v) is 0.929. The Morgan fingerprint density at radius 2 is 2.38 bits per heavy atom. The summed E-state index contributed by atoms with van der Waals surface area (Å²) in [6, 6.07) is -0.686. The number of nitrogens with two attached hydrogens (primary N) is 2. The minimum absolute atomic E-state index is 0.181. The summed E-state index contributed by atoms with van der Waals surface area (Å²) in [5.41, 5.74) is 12.6. The summed E-state index contributed by atoms with van der Waals surface area (Å²) in [5, 5.41) is 17.1. The van der Waals surface area contributed by atoms with Gasteiger partial charge in [0, 0.05) is 6.54 Å². The summed E-state index contributed by atoms with van der Waals surface area (Å²) >= 11 is 0. The van der Waals surface area contributed by atoms with Crippen molar-refractivity contribution in [3.63, 3.8) is 0 Å². The zero-order valence-electron chi connectivity index (χ0n) is 8.97. The lowest BCUT2D eigenvalue weighted by Gasteiger charge is -2.12. The van der Waals surface area contributed by atoms with Gasteiger partial charge < -0.3 is 21.4 Å².